The average Bonchev–Trinajstić information content (AvgIpc) is 2.24. The third-order valence-corrected chi connectivity index (χ3v) is 2.57. The van der Waals surface area contributed by atoms with E-state index in [-0.39, 0.29) is 18.2 Å². The molecule has 0 aromatic heterocycles. The van der Waals surface area contributed by atoms with E-state index in [1.54, 1.807) is 0 Å². The highest BCUT2D eigenvalue weighted by Crippen LogP contribution is 2.14. The van der Waals surface area contributed by atoms with Gasteiger partial charge in [-0.05, 0) is 6.92 Å². The summed E-state index contributed by atoms with van der Waals surface area (Å²) in [6, 6.07) is 1.80. The van der Waals surface area contributed by atoms with E-state index in [9.17, 15) is 13.2 Å². The van der Waals surface area contributed by atoms with E-state index in [0.717, 1.165) is 0 Å². The minimum absolute atomic E-state index is 0.0406. The molecular formula is C13H19F3N2. The monoisotopic (exact) mass is 260 g/mol. The first-order valence-corrected chi connectivity index (χ1v) is 6.00. The van der Waals surface area contributed by atoms with E-state index >= 15 is 0 Å². The molecule has 18 heavy (non-hydrogen) atoms. The molecule has 0 radical (unpaired) electrons. The van der Waals surface area contributed by atoms with Crippen LogP contribution in [-0.2, 0) is 6.54 Å². The molecule has 0 aliphatic rings. The molecule has 1 aromatic carbocycles. The summed E-state index contributed by atoms with van der Waals surface area (Å²) < 4.78 is 39.4. The number of benzene rings is 1. The van der Waals surface area contributed by atoms with Crippen molar-refractivity contribution in [1.29, 1.82) is 0 Å². The molecule has 2 N–H and O–H groups in total. The van der Waals surface area contributed by atoms with Crippen molar-refractivity contribution in [2.45, 2.75) is 39.4 Å². The van der Waals surface area contributed by atoms with Gasteiger partial charge in [-0.2, -0.15) is 0 Å². The van der Waals surface area contributed by atoms with Crippen LogP contribution in [0.2, 0.25) is 0 Å². The molecule has 1 aromatic rings. The predicted octanol–water partition coefficient (Wildman–Crippen LogP) is 2.58. The highest BCUT2D eigenvalue weighted by Gasteiger charge is 2.12. The van der Waals surface area contributed by atoms with Gasteiger partial charge in [-0.1, -0.05) is 13.8 Å². The second-order valence-corrected chi connectivity index (χ2v) is 4.69. The van der Waals surface area contributed by atoms with Crippen LogP contribution in [0.3, 0.4) is 0 Å². The van der Waals surface area contributed by atoms with E-state index in [2.05, 4.69) is 10.6 Å². The van der Waals surface area contributed by atoms with Crippen molar-refractivity contribution in [1.82, 2.24) is 10.6 Å². The Morgan fingerprint density at radius 2 is 1.56 bits per heavy atom. The first-order valence-electron chi connectivity index (χ1n) is 6.00. The zero-order chi connectivity index (χ0) is 13.7. The molecular weight excluding hydrogens is 241 g/mol. The first kappa shape index (κ1) is 15.0. The van der Waals surface area contributed by atoms with Crippen molar-refractivity contribution < 1.29 is 13.2 Å². The Morgan fingerprint density at radius 3 is 2.06 bits per heavy atom. The van der Waals surface area contributed by atoms with Gasteiger partial charge in [0.2, 0.25) is 0 Å². The van der Waals surface area contributed by atoms with E-state index in [4.69, 9.17) is 0 Å². The number of hydrogen-bond donors (Lipinski definition) is 2. The Morgan fingerprint density at radius 1 is 1.00 bits per heavy atom. The van der Waals surface area contributed by atoms with Gasteiger partial charge in [-0.25, -0.2) is 13.2 Å². The lowest BCUT2D eigenvalue weighted by Gasteiger charge is -2.17. The van der Waals surface area contributed by atoms with Crippen molar-refractivity contribution in [3.05, 3.63) is 35.1 Å². The maximum atomic E-state index is 13.3. The van der Waals surface area contributed by atoms with Crippen LogP contribution in [0.1, 0.15) is 26.3 Å². The molecule has 1 unspecified atom stereocenters. The maximum absolute atomic E-state index is 13.3. The molecule has 0 aliphatic heterocycles. The van der Waals surface area contributed by atoms with Crippen molar-refractivity contribution >= 4 is 0 Å². The fraction of sp³-hybridized carbons (Fsp3) is 0.538. The summed E-state index contributed by atoms with van der Waals surface area (Å²) in [6.45, 7) is 6.69. The van der Waals surface area contributed by atoms with Crippen molar-refractivity contribution in [2.24, 2.45) is 0 Å². The molecule has 0 saturated carbocycles. The van der Waals surface area contributed by atoms with Gasteiger partial charge in [0.1, 0.15) is 17.5 Å². The van der Waals surface area contributed by atoms with Crippen molar-refractivity contribution in [3.8, 4) is 0 Å². The molecule has 5 heteroatoms. The molecule has 0 spiro atoms. The minimum atomic E-state index is -0.900. The largest absolute Gasteiger partial charge is 0.313 e. The summed E-state index contributed by atoms with van der Waals surface area (Å²) in [6.07, 6.45) is 0. The summed E-state index contributed by atoms with van der Waals surface area (Å²) in [5.74, 6) is -2.61. The van der Waals surface area contributed by atoms with Gasteiger partial charge in [0.25, 0.3) is 0 Å². The topological polar surface area (TPSA) is 24.1 Å². The van der Waals surface area contributed by atoms with Crippen LogP contribution in [0.15, 0.2) is 12.1 Å². The third kappa shape index (κ3) is 4.66. The fourth-order valence-electron chi connectivity index (χ4n) is 1.50. The Bertz CT molecular complexity index is 371. The number of rotatable bonds is 6. The highest BCUT2D eigenvalue weighted by atomic mass is 19.1. The van der Waals surface area contributed by atoms with Gasteiger partial charge in [0.05, 0.1) is 0 Å². The summed E-state index contributed by atoms with van der Waals surface area (Å²) in [5, 5.41) is 6.20. The highest BCUT2D eigenvalue weighted by molar-refractivity contribution is 5.20. The second kappa shape index (κ2) is 6.75. The van der Waals surface area contributed by atoms with Crippen LogP contribution in [0.4, 0.5) is 13.2 Å². The average molecular weight is 260 g/mol. The summed E-state index contributed by atoms with van der Waals surface area (Å²) in [7, 11) is 0. The summed E-state index contributed by atoms with van der Waals surface area (Å²) in [5.41, 5.74) is -0.132. The standard InChI is InChI=1S/C13H19F3N2/c1-8(2)17-6-9(3)18-7-11-12(15)4-10(14)5-13(11)16/h4-5,8-9,17-18H,6-7H2,1-3H3. The molecule has 1 rings (SSSR count). The first-order chi connectivity index (χ1) is 8.40. The van der Waals surface area contributed by atoms with Gasteiger partial charge in [0.15, 0.2) is 0 Å². The Kier molecular flexibility index (Phi) is 5.62. The smallest absolute Gasteiger partial charge is 0.133 e. The minimum Gasteiger partial charge on any atom is -0.313 e. The van der Waals surface area contributed by atoms with Crippen LogP contribution < -0.4 is 10.6 Å². The normalized spacial score (nSPS) is 13.1. The van der Waals surface area contributed by atoms with Crippen LogP contribution in [0.25, 0.3) is 0 Å². The predicted molar refractivity (Wildman–Crippen MR) is 65.8 cm³/mol. The lowest BCUT2D eigenvalue weighted by Crippen LogP contribution is -2.38. The van der Waals surface area contributed by atoms with Crippen molar-refractivity contribution in [3.63, 3.8) is 0 Å². The van der Waals surface area contributed by atoms with E-state index in [0.29, 0.717) is 24.7 Å². The summed E-state index contributed by atoms with van der Waals surface area (Å²) >= 11 is 0. The Hall–Kier alpha value is -1.07. The SMILES string of the molecule is CC(C)NCC(C)NCc1c(F)cc(F)cc1F. The molecule has 102 valence electrons. The van der Waals surface area contributed by atoms with Crippen LogP contribution in [-0.4, -0.2) is 18.6 Å². The van der Waals surface area contributed by atoms with Crippen LogP contribution in [0.5, 0.6) is 0 Å². The Labute approximate surface area is 106 Å². The van der Waals surface area contributed by atoms with Gasteiger partial charge in [-0.15, -0.1) is 0 Å². The van der Waals surface area contributed by atoms with Crippen LogP contribution in [0, 0.1) is 17.5 Å². The van der Waals surface area contributed by atoms with E-state index < -0.39 is 17.5 Å². The summed E-state index contributed by atoms with van der Waals surface area (Å²) in [4.78, 5) is 0. The molecule has 0 saturated heterocycles. The molecule has 0 amide bonds. The fourth-order valence-corrected chi connectivity index (χ4v) is 1.50. The lowest BCUT2D eigenvalue weighted by atomic mass is 10.1. The van der Waals surface area contributed by atoms with Gasteiger partial charge in [0, 0.05) is 42.9 Å². The number of nitrogens with one attached hydrogen (secondary N) is 2. The lowest BCUT2D eigenvalue weighted by molar-refractivity contribution is 0.454. The van der Waals surface area contributed by atoms with Gasteiger partial charge >= 0.3 is 0 Å². The maximum Gasteiger partial charge on any atom is 0.133 e. The van der Waals surface area contributed by atoms with E-state index in [1.807, 2.05) is 20.8 Å². The second-order valence-electron chi connectivity index (χ2n) is 4.69. The third-order valence-electron chi connectivity index (χ3n) is 2.57. The van der Waals surface area contributed by atoms with E-state index in [1.165, 1.54) is 0 Å². The number of hydrogen-bond acceptors (Lipinski definition) is 2. The molecule has 1 atom stereocenters. The quantitative estimate of drug-likeness (QED) is 0.821. The Balaban J connectivity index is 2.53. The molecule has 0 heterocycles. The van der Waals surface area contributed by atoms with Gasteiger partial charge < -0.3 is 10.6 Å². The number of halogens is 3. The van der Waals surface area contributed by atoms with Gasteiger partial charge in [-0.3, -0.25) is 0 Å². The molecule has 2 nitrogen and oxygen atoms in total. The molecule has 0 aliphatic carbocycles. The van der Waals surface area contributed by atoms with Crippen LogP contribution >= 0.6 is 0 Å². The van der Waals surface area contributed by atoms with Crippen molar-refractivity contribution in [2.75, 3.05) is 6.54 Å². The molecule has 0 fully saturated rings. The zero-order valence-electron chi connectivity index (χ0n) is 10.9. The molecule has 0 bridgehead atoms. The zero-order valence-corrected chi connectivity index (χ0v) is 10.9.